The number of hydrogen-bond acceptors (Lipinski definition) is 0. The molecule has 0 atom stereocenters. The summed E-state index contributed by atoms with van der Waals surface area (Å²) >= 11 is 0. The largest absolute Gasteiger partial charge is 0.0677 e. The van der Waals surface area contributed by atoms with Gasteiger partial charge in [-0.1, -0.05) is 73.5 Å². The second kappa shape index (κ2) is 3.96. The quantitative estimate of drug-likeness (QED) is 0.467. The molecule has 0 fully saturated rings. The molecule has 0 aromatic heterocycles. The summed E-state index contributed by atoms with van der Waals surface area (Å²) in [5.41, 5.74) is 3.94. The van der Waals surface area contributed by atoms with E-state index in [2.05, 4.69) is 69.2 Å². The molecule has 0 amide bonds. The van der Waals surface area contributed by atoms with Gasteiger partial charge < -0.3 is 0 Å². The summed E-state index contributed by atoms with van der Waals surface area (Å²) < 4.78 is 0. The third-order valence-electron chi connectivity index (χ3n) is 3.00. The lowest BCUT2D eigenvalue weighted by atomic mass is 9.66. The molecule has 15 heavy (non-hydrogen) atoms. The molecule has 90 valence electrons. The first-order chi connectivity index (χ1) is 6.28. The van der Waals surface area contributed by atoms with Crippen LogP contribution < -0.4 is 0 Å². The lowest BCUT2D eigenvalue weighted by Crippen LogP contribution is -2.27. The van der Waals surface area contributed by atoms with Crippen molar-refractivity contribution >= 4 is 0 Å². The first kappa shape index (κ1) is 14.7. The zero-order chi connectivity index (χ0) is 12.7. The Morgan fingerprint density at radius 2 is 0.800 bits per heavy atom. The van der Waals surface area contributed by atoms with Crippen molar-refractivity contribution in [1.82, 2.24) is 0 Å². The molecule has 0 N–H and O–H groups in total. The van der Waals surface area contributed by atoms with Crippen LogP contribution in [0.15, 0.2) is 11.1 Å². The van der Waals surface area contributed by atoms with Crippen molar-refractivity contribution in [3.8, 4) is 0 Å². The summed E-state index contributed by atoms with van der Waals surface area (Å²) in [6.45, 7) is 23.1. The lowest BCUT2D eigenvalue weighted by Gasteiger charge is -2.39. The average molecular weight is 210 g/mol. The summed E-state index contributed by atoms with van der Waals surface area (Å²) in [7, 11) is 0. The fourth-order valence-electron chi connectivity index (χ4n) is 2.62. The lowest BCUT2D eigenvalue weighted by molar-refractivity contribution is 0.336. The molecule has 0 saturated carbocycles. The van der Waals surface area contributed by atoms with Crippen molar-refractivity contribution < 1.29 is 0 Å². The Labute approximate surface area is 97.2 Å². The van der Waals surface area contributed by atoms with Gasteiger partial charge in [0.25, 0.3) is 0 Å². The van der Waals surface area contributed by atoms with E-state index in [4.69, 9.17) is 0 Å². The van der Waals surface area contributed by atoms with Gasteiger partial charge >= 0.3 is 0 Å². The van der Waals surface area contributed by atoms with Gasteiger partial charge in [-0.3, -0.25) is 0 Å². The molecule has 0 aliphatic heterocycles. The topological polar surface area (TPSA) is 0 Å². The average Bonchev–Trinajstić information content (AvgIpc) is 1.76. The summed E-state index contributed by atoms with van der Waals surface area (Å²) in [5.74, 6) is 0. The second-order valence-corrected chi connectivity index (χ2v) is 7.75. The van der Waals surface area contributed by atoms with Crippen molar-refractivity contribution in [2.45, 2.75) is 69.2 Å². The van der Waals surface area contributed by atoms with Crippen LogP contribution >= 0.6 is 0 Å². The van der Waals surface area contributed by atoms with E-state index in [1.807, 2.05) is 0 Å². The highest BCUT2D eigenvalue weighted by Crippen LogP contribution is 2.45. The summed E-state index contributed by atoms with van der Waals surface area (Å²) in [6.07, 6.45) is 0. The van der Waals surface area contributed by atoms with E-state index in [1.165, 1.54) is 0 Å². The molecule has 0 aliphatic rings. The van der Waals surface area contributed by atoms with Crippen LogP contribution in [0.4, 0.5) is 0 Å². The molecule has 0 radical (unpaired) electrons. The minimum atomic E-state index is 0.260. The van der Waals surface area contributed by atoms with E-state index in [0.717, 1.165) is 0 Å². The highest BCUT2D eigenvalue weighted by Gasteiger charge is 2.32. The number of hydrogen-bond donors (Lipinski definition) is 0. The van der Waals surface area contributed by atoms with Crippen LogP contribution in [0.2, 0.25) is 0 Å². The highest BCUT2D eigenvalue weighted by molar-refractivity contribution is 5.27. The van der Waals surface area contributed by atoms with Gasteiger partial charge in [0.15, 0.2) is 0 Å². The molecular weight excluding hydrogens is 180 g/mol. The van der Waals surface area contributed by atoms with Gasteiger partial charge in [0.1, 0.15) is 0 Å². The van der Waals surface area contributed by atoms with Gasteiger partial charge in [-0.2, -0.15) is 0 Å². The van der Waals surface area contributed by atoms with Gasteiger partial charge in [0.2, 0.25) is 0 Å². The molecule has 0 aromatic carbocycles. The van der Waals surface area contributed by atoms with E-state index in [0.29, 0.717) is 0 Å². The van der Waals surface area contributed by atoms with Crippen molar-refractivity contribution in [2.75, 3.05) is 0 Å². The monoisotopic (exact) mass is 210 g/mol. The van der Waals surface area contributed by atoms with Crippen LogP contribution in [-0.4, -0.2) is 0 Å². The minimum absolute atomic E-state index is 0.260. The zero-order valence-electron chi connectivity index (χ0n) is 12.5. The molecule has 0 spiro atoms. The van der Waals surface area contributed by atoms with Crippen LogP contribution in [0.1, 0.15) is 69.2 Å². The predicted octanol–water partition coefficient (Wildman–Crippen LogP) is 5.44. The fourth-order valence-corrected chi connectivity index (χ4v) is 2.62. The highest BCUT2D eigenvalue weighted by atomic mass is 14.4. The van der Waals surface area contributed by atoms with Gasteiger partial charge in [0, 0.05) is 0 Å². The Morgan fingerprint density at radius 1 is 0.533 bits per heavy atom. The smallest absolute Gasteiger partial charge is 0.0165 e. The molecular formula is C15H30. The molecule has 0 aromatic rings. The van der Waals surface area contributed by atoms with Gasteiger partial charge in [0.05, 0.1) is 0 Å². The van der Waals surface area contributed by atoms with Crippen LogP contribution in [-0.2, 0) is 0 Å². The van der Waals surface area contributed by atoms with Gasteiger partial charge in [-0.05, 0) is 23.2 Å². The normalized spacial score (nSPS) is 14.0. The van der Waals surface area contributed by atoms with Crippen LogP contribution in [0.25, 0.3) is 0 Å². The molecule has 0 saturated heterocycles. The van der Waals surface area contributed by atoms with Crippen LogP contribution in [0.3, 0.4) is 0 Å². The summed E-state index contributed by atoms with van der Waals surface area (Å²) in [5, 5.41) is 0. The van der Waals surface area contributed by atoms with Gasteiger partial charge in [-0.15, -0.1) is 0 Å². The molecule has 0 nitrogen and oxygen atoms in total. The van der Waals surface area contributed by atoms with Crippen LogP contribution in [0.5, 0.6) is 0 Å². The van der Waals surface area contributed by atoms with Gasteiger partial charge in [-0.25, -0.2) is 0 Å². The van der Waals surface area contributed by atoms with E-state index >= 15 is 0 Å². The minimum Gasteiger partial charge on any atom is -0.0677 e. The maximum Gasteiger partial charge on any atom is -0.0165 e. The molecule has 0 heteroatoms. The Balaban J connectivity index is 5.71. The molecule has 0 unspecified atom stereocenters. The molecule has 0 aliphatic carbocycles. The SMILES string of the molecule is CC(=C(C(C)(C)C)C(C)(C)C)C(C)(C)C. The predicted molar refractivity (Wildman–Crippen MR) is 71.1 cm³/mol. The van der Waals surface area contributed by atoms with E-state index in [1.54, 1.807) is 11.1 Å². The van der Waals surface area contributed by atoms with Crippen molar-refractivity contribution in [3.63, 3.8) is 0 Å². The molecule has 0 bridgehead atoms. The second-order valence-electron chi connectivity index (χ2n) is 7.75. The fraction of sp³-hybridized carbons (Fsp3) is 0.867. The summed E-state index contributed by atoms with van der Waals surface area (Å²) in [6, 6.07) is 0. The number of allylic oxidation sites excluding steroid dienone is 2. The Hall–Kier alpha value is -0.260. The Morgan fingerprint density at radius 3 is 0.867 bits per heavy atom. The molecule has 0 heterocycles. The van der Waals surface area contributed by atoms with Crippen LogP contribution in [0, 0.1) is 16.2 Å². The van der Waals surface area contributed by atoms with Crippen molar-refractivity contribution in [3.05, 3.63) is 11.1 Å². The Kier molecular flexibility index (Phi) is 3.89. The third kappa shape index (κ3) is 4.01. The maximum atomic E-state index is 2.32. The first-order valence-electron chi connectivity index (χ1n) is 6.00. The van der Waals surface area contributed by atoms with Crippen molar-refractivity contribution in [2.24, 2.45) is 16.2 Å². The first-order valence-corrected chi connectivity index (χ1v) is 6.00. The number of rotatable bonds is 0. The van der Waals surface area contributed by atoms with Crippen molar-refractivity contribution in [1.29, 1.82) is 0 Å². The Bertz CT molecular complexity index is 229. The van der Waals surface area contributed by atoms with E-state index in [9.17, 15) is 0 Å². The van der Waals surface area contributed by atoms with E-state index in [-0.39, 0.29) is 16.2 Å². The standard InChI is InChI=1S/C15H30/c1-11(13(2,3)4)12(14(5,6)7)15(8,9)10/h1-10H3. The van der Waals surface area contributed by atoms with E-state index < -0.39 is 0 Å². The zero-order valence-corrected chi connectivity index (χ0v) is 12.5. The maximum absolute atomic E-state index is 2.32. The summed E-state index contributed by atoms with van der Waals surface area (Å²) in [4.78, 5) is 0. The third-order valence-corrected chi connectivity index (χ3v) is 3.00. The molecule has 0 rings (SSSR count).